The molecule has 0 spiro atoms. The van der Waals surface area contributed by atoms with E-state index in [-0.39, 0.29) is 24.3 Å². The average Bonchev–Trinajstić information content (AvgIpc) is 3.27. The van der Waals surface area contributed by atoms with Crippen LogP contribution >= 0.6 is 0 Å². The van der Waals surface area contributed by atoms with E-state index >= 15 is 0 Å². The molecule has 0 aromatic heterocycles. The highest BCUT2D eigenvalue weighted by molar-refractivity contribution is 5.94. The Morgan fingerprint density at radius 3 is 2.47 bits per heavy atom. The highest BCUT2D eigenvalue weighted by Gasteiger charge is 2.24. The van der Waals surface area contributed by atoms with Gasteiger partial charge in [-0.3, -0.25) is 4.79 Å². The molecule has 3 rings (SSSR count). The summed E-state index contributed by atoms with van der Waals surface area (Å²) in [5.41, 5.74) is 1.57. The standard InChI is InChI=1S/C23H30FN5O3/c1-4-25-23(26-14-22(30)27-17-7-5-16(24)6-8-17)28-18-9-10-29(15-18)19-11-20(31-2)13-21(12-19)32-3/h5-8,11-13,18H,4,9-10,14-15H2,1-3H3,(H,27,30)(H2,25,26,28). The maximum absolute atomic E-state index is 13.0. The van der Waals surface area contributed by atoms with Gasteiger partial charge < -0.3 is 30.3 Å². The van der Waals surface area contributed by atoms with Crippen LogP contribution in [0.2, 0.25) is 0 Å². The molecule has 3 N–H and O–H groups in total. The number of nitrogens with zero attached hydrogens (tertiary/aromatic N) is 2. The Hall–Kier alpha value is -3.49. The Bertz CT molecular complexity index is 913. The second-order valence-electron chi connectivity index (χ2n) is 7.40. The summed E-state index contributed by atoms with van der Waals surface area (Å²) in [5.74, 6) is 1.45. The minimum Gasteiger partial charge on any atom is -0.497 e. The molecule has 8 nitrogen and oxygen atoms in total. The van der Waals surface area contributed by atoms with Crippen LogP contribution in [0.4, 0.5) is 15.8 Å². The van der Waals surface area contributed by atoms with E-state index < -0.39 is 0 Å². The number of guanidine groups is 1. The van der Waals surface area contributed by atoms with Gasteiger partial charge in [-0.05, 0) is 37.6 Å². The minimum absolute atomic E-state index is 0.0454. The monoisotopic (exact) mass is 443 g/mol. The van der Waals surface area contributed by atoms with E-state index in [1.807, 2.05) is 25.1 Å². The van der Waals surface area contributed by atoms with Crippen molar-refractivity contribution in [3.8, 4) is 11.5 Å². The van der Waals surface area contributed by atoms with Crippen molar-refractivity contribution < 1.29 is 18.7 Å². The number of aliphatic imine (C=N–C) groups is 1. The number of methoxy groups -OCH3 is 2. The highest BCUT2D eigenvalue weighted by atomic mass is 19.1. The first-order valence-electron chi connectivity index (χ1n) is 10.6. The van der Waals surface area contributed by atoms with Crippen LogP contribution in [-0.4, -0.2) is 58.3 Å². The van der Waals surface area contributed by atoms with Crippen molar-refractivity contribution in [2.24, 2.45) is 4.99 Å². The molecule has 0 bridgehead atoms. The first kappa shape index (κ1) is 23.2. The van der Waals surface area contributed by atoms with Crippen molar-refractivity contribution in [2.45, 2.75) is 19.4 Å². The van der Waals surface area contributed by atoms with Gasteiger partial charge >= 0.3 is 0 Å². The first-order chi connectivity index (χ1) is 15.5. The molecule has 9 heteroatoms. The summed E-state index contributed by atoms with van der Waals surface area (Å²) >= 11 is 0. The number of amides is 1. The molecule has 32 heavy (non-hydrogen) atoms. The zero-order chi connectivity index (χ0) is 22.9. The first-order valence-corrected chi connectivity index (χ1v) is 10.6. The number of hydrogen-bond donors (Lipinski definition) is 3. The van der Waals surface area contributed by atoms with E-state index in [2.05, 4.69) is 25.8 Å². The molecule has 1 aliphatic rings. The summed E-state index contributed by atoms with van der Waals surface area (Å²) in [4.78, 5) is 18.9. The maximum Gasteiger partial charge on any atom is 0.246 e. The van der Waals surface area contributed by atoms with E-state index in [1.165, 1.54) is 24.3 Å². The molecular formula is C23H30FN5O3. The van der Waals surface area contributed by atoms with Crippen LogP contribution < -0.4 is 30.3 Å². The van der Waals surface area contributed by atoms with Crippen LogP contribution in [0.1, 0.15) is 13.3 Å². The van der Waals surface area contributed by atoms with Gasteiger partial charge in [0.15, 0.2) is 5.96 Å². The minimum atomic E-state index is -0.349. The van der Waals surface area contributed by atoms with Crippen LogP contribution in [0.25, 0.3) is 0 Å². The molecule has 1 atom stereocenters. The molecule has 0 aliphatic carbocycles. The van der Waals surface area contributed by atoms with Gasteiger partial charge in [0.25, 0.3) is 0 Å². The fraction of sp³-hybridized carbons (Fsp3) is 0.391. The van der Waals surface area contributed by atoms with Crippen molar-refractivity contribution in [2.75, 3.05) is 50.6 Å². The fourth-order valence-corrected chi connectivity index (χ4v) is 3.49. The normalized spacial score (nSPS) is 15.9. The third kappa shape index (κ3) is 6.50. The molecule has 0 radical (unpaired) electrons. The van der Waals surface area contributed by atoms with Gasteiger partial charge in [-0.2, -0.15) is 0 Å². The lowest BCUT2D eigenvalue weighted by Crippen LogP contribution is -2.45. The van der Waals surface area contributed by atoms with E-state index in [9.17, 15) is 9.18 Å². The third-order valence-corrected chi connectivity index (χ3v) is 5.08. The Morgan fingerprint density at radius 1 is 1.16 bits per heavy atom. The van der Waals surface area contributed by atoms with Gasteiger partial charge in [-0.15, -0.1) is 0 Å². The van der Waals surface area contributed by atoms with Crippen LogP contribution in [0.3, 0.4) is 0 Å². The molecule has 1 unspecified atom stereocenters. The zero-order valence-corrected chi connectivity index (χ0v) is 18.7. The highest BCUT2D eigenvalue weighted by Crippen LogP contribution is 2.30. The van der Waals surface area contributed by atoms with Gasteiger partial charge in [0.05, 0.1) is 14.2 Å². The summed E-state index contributed by atoms with van der Waals surface area (Å²) in [7, 11) is 3.27. The number of halogens is 1. The van der Waals surface area contributed by atoms with E-state index in [0.717, 1.165) is 36.7 Å². The van der Waals surface area contributed by atoms with Crippen LogP contribution in [0, 0.1) is 5.82 Å². The lowest BCUT2D eigenvalue weighted by molar-refractivity contribution is -0.114. The molecule has 1 heterocycles. The SMILES string of the molecule is CCNC(=NCC(=O)Nc1ccc(F)cc1)NC1CCN(c2cc(OC)cc(OC)c2)C1. The molecule has 0 saturated carbocycles. The summed E-state index contributed by atoms with van der Waals surface area (Å²) < 4.78 is 23.8. The number of ether oxygens (including phenoxy) is 2. The molecule has 1 amide bonds. The van der Waals surface area contributed by atoms with Gasteiger partial charge in [0.1, 0.15) is 23.9 Å². The summed E-state index contributed by atoms with van der Waals surface area (Å²) in [5, 5.41) is 9.29. The molecule has 1 fully saturated rings. The lowest BCUT2D eigenvalue weighted by atomic mass is 10.2. The predicted octanol–water partition coefficient (Wildman–Crippen LogP) is 2.62. The quantitative estimate of drug-likeness (QED) is 0.430. The number of anilines is 2. The zero-order valence-electron chi connectivity index (χ0n) is 18.7. The fourth-order valence-electron chi connectivity index (χ4n) is 3.49. The van der Waals surface area contributed by atoms with Gasteiger partial charge in [0, 0.05) is 55.2 Å². The number of benzene rings is 2. The molecule has 1 aliphatic heterocycles. The summed E-state index contributed by atoms with van der Waals surface area (Å²) in [6.07, 6.45) is 0.922. The second kappa shape index (κ2) is 11.2. The predicted molar refractivity (Wildman–Crippen MR) is 124 cm³/mol. The lowest BCUT2D eigenvalue weighted by Gasteiger charge is -2.21. The number of nitrogens with one attached hydrogen (secondary N) is 3. The molecule has 2 aromatic carbocycles. The second-order valence-corrected chi connectivity index (χ2v) is 7.40. The smallest absolute Gasteiger partial charge is 0.246 e. The summed E-state index contributed by atoms with van der Waals surface area (Å²) in [6.45, 7) is 4.26. The molecule has 1 saturated heterocycles. The average molecular weight is 444 g/mol. The van der Waals surface area contributed by atoms with E-state index in [4.69, 9.17) is 9.47 Å². The topological polar surface area (TPSA) is 87.2 Å². The third-order valence-electron chi connectivity index (χ3n) is 5.08. The Labute approximate surface area is 187 Å². The van der Waals surface area contributed by atoms with Gasteiger partial charge in [-0.25, -0.2) is 9.38 Å². The summed E-state index contributed by atoms with van der Waals surface area (Å²) in [6, 6.07) is 11.6. The van der Waals surface area contributed by atoms with Crippen molar-refractivity contribution in [3.05, 3.63) is 48.3 Å². The van der Waals surface area contributed by atoms with Crippen molar-refractivity contribution >= 4 is 23.2 Å². The number of hydrogen-bond acceptors (Lipinski definition) is 5. The van der Waals surface area contributed by atoms with E-state index in [1.54, 1.807) is 14.2 Å². The molecular weight excluding hydrogens is 413 g/mol. The van der Waals surface area contributed by atoms with Crippen molar-refractivity contribution in [1.29, 1.82) is 0 Å². The van der Waals surface area contributed by atoms with Crippen LogP contribution in [0.15, 0.2) is 47.5 Å². The molecule has 2 aromatic rings. The largest absolute Gasteiger partial charge is 0.497 e. The van der Waals surface area contributed by atoms with Crippen molar-refractivity contribution in [3.63, 3.8) is 0 Å². The van der Waals surface area contributed by atoms with Crippen LogP contribution in [0.5, 0.6) is 11.5 Å². The Morgan fingerprint density at radius 2 is 1.84 bits per heavy atom. The maximum atomic E-state index is 13.0. The number of carbonyl (C=O) groups is 1. The van der Waals surface area contributed by atoms with Gasteiger partial charge in [-0.1, -0.05) is 0 Å². The Kier molecular flexibility index (Phi) is 8.13. The van der Waals surface area contributed by atoms with Crippen LogP contribution in [-0.2, 0) is 4.79 Å². The Balaban J connectivity index is 1.58. The van der Waals surface area contributed by atoms with Gasteiger partial charge in [0.2, 0.25) is 5.91 Å². The van der Waals surface area contributed by atoms with Crippen molar-refractivity contribution in [1.82, 2.24) is 10.6 Å². The molecule has 172 valence electrons. The number of carbonyl (C=O) groups excluding carboxylic acids is 1. The number of rotatable bonds is 8. The van der Waals surface area contributed by atoms with E-state index in [0.29, 0.717) is 18.2 Å².